The molecule has 3 rings (SSSR count). The van der Waals surface area contributed by atoms with Crippen molar-refractivity contribution in [2.45, 2.75) is 50.4 Å². The van der Waals surface area contributed by atoms with E-state index in [4.69, 9.17) is 0 Å². The number of amides is 1. The Morgan fingerprint density at radius 2 is 1.75 bits per heavy atom. The average Bonchev–Trinajstić information content (AvgIpc) is 2.67. The third kappa shape index (κ3) is 5.18. The zero-order valence-corrected chi connectivity index (χ0v) is 15.2. The van der Waals surface area contributed by atoms with Crippen LogP contribution in [0.5, 0.6) is 5.75 Å². The zero-order valence-electron chi connectivity index (χ0n) is 15.2. The van der Waals surface area contributed by atoms with Gasteiger partial charge in [0.15, 0.2) is 0 Å². The smallest absolute Gasteiger partial charge is 0.416 e. The lowest BCUT2D eigenvalue weighted by molar-refractivity contribution is -0.137. The molecule has 1 amide bonds. The van der Waals surface area contributed by atoms with Gasteiger partial charge in [-0.15, -0.1) is 5.69 Å². The number of hydrogen-bond acceptors (Lipinski definition) is 2. The Balaban J connectivity index is 1.83. The number of nitrogens with zero attached hydrogens (tertiary/aromatic N) is 1. The summed E-state index contributed by atoms with van der Waals surface area (Å²) in [5, 5.41) is 16.8. The van der Waals surface area contributed by atoms with E-state index in [0.717, 1.165) is 44.2 Å². The van der Waals surface area contributed by atoms with E-state index in [-0.39, 0.29) is 23.4 Å². The molecule has 28 heavy (non-hydrogen) atoms. The van der Waals surface area contributed by atoms with E-state index in [1.807, 2.05) is 0 Å². The number of alkyl halides is 3. The van der Waals surface area contributed by atoms with Gasteiger partial charge in [0.25, 0.3) is 0 Å². The number of phenols is 1. The van der Waals surface area contributed by atoms with Crippen molar-refractivity contribution < 1.29 is 23.1 Å². The highest BCUT2D eigenvalue weighted by atomic mass is 19.4. The Bertz CT molecular complexity index is 800. The number of phenolic OH excluding ortho intramolecular Hbond substituents is 1. The van der Waals surface area contributed by atoms with Crippen molar-refractivity contribution in [1.82, 2.24) is 5.32 Å². The van der Waals surface area contributed by atoms with E-state index in [1.165, 1.54) is 24.3 Å². The maximum absolute atomic E-state index is 13.0. The Labute approximate surface area is 161 Å². The van der Waals surface area contributed by atoms with Crippen LogP contribution in [0.15, 0.2) is 48.5 Å². The van der Waals surface area contributed by atoms with Crippen molar-refractivity contribution in [2.75, 3.05) is 0 Å². The van der Waals surface area contributed by atoms with Gasteiger partial charge in [-0.3, -0.25) is 4.79 Å². The lowest BCUT2D eigenvalue weighted by Crippen LogP contribution is -2.38. The summed E-state index contributed by atoms with van der Waals surface area (Å²) in [5.74, 6) is -0.316. The highest BCUT2D eigenvalue weighted by Gasteiger charge is 2.30. The molecule has 0 bridgehead atoms. The Morgan fingerprint density at radius 3 is 2.39 bits per heavy atom. The minimum Gasteiger partial charge on any atom is -0.670 e. The Hall–Kier alpha value is -2.70. The monoisotopic (exact) mass is 391 g/mol. The van der Waals surface area contributed by atoms with E-state index < -0.39 is 17.8 Å². The summed E-state index contributed by atoms with van der Waals surface area (Å²) in [4.78, 5) is 12.9. The van der Waals surface area contributed by atoms with Gasteiger partial charge in [0.1, 0.15) is 5.75 Å². The number of carbonyl (C=O) groups is 1. The first-order valence-corrected chi connectivity index (χ1v) is 9.30. The molecule has 150 valence electrons. The second kappa shape index (κ2) is 8.54. The van der Waals surface area contributed by atoms with E-state index in [9.17, 15) is 23.1 Å². The predicted octanol–water partition coefficient (Wildman–Crippen LogP) is 5.61. The van der Waals surface area contributed by atoms with Gasteiger partial charge in [0.2, 0.25) is 5.91 Å². The van der Waals surface area contributed by atoms with Crippen LogP contribution in [0.4, 0.5) is 18.9 Å². The quantitative estimate of drug-likeness (QED) is 0.696. The van der Waals surface area contributed by atoms with Gasteiger partial charge >= 0.3 is 6.18 Å². The van der Waals surface area contributed by atoms with Crippen LogP contribution in [0.25, 0.3) is 5.32 Å². The van der Waals surface area contributed by atoms with E-state index >= 15 is 0 Å². The molecule has 1 saturated carbocycles. The number of rotatable bonds is 5. The molecule has 2 aromatic rings. The molecule has 1 atom stereocenters. The predicted molar refractivity (Wildman–Crippen MR) is 100 cm³/mol. The fourth-order valence-electron chi connectivity index (χ4n) is 3.38. The molecule has 1 unspecified atom stereocenters. The first-order valence-electron chi connectivity index (χ1n) is 9.30. The largest absolute Gasteiger partial charge is 0.670 e. The summed E-state index contributed by atoms with van der Waals surface area (Å²) < 4.78 is 39.0. The van der Waals surface area contributed by atoms with Crippen molar-refractivity contribution in [3.8, 4) is 5.75 Å². The summed E-state index contributed by atoms with van der Waals surface area (Å²) in [7, 11) is 0. The summed E-state index contributed by atoms with van der Waals surface area (Å²) in [6.07, 6.45) is 0.515. The molecule has 0 saturated heterocycles. The van der Waals surface area contributed by atoms with Gasteiger partial charge in [0, 0.05) is 6.04 Å². The number of hydrogen-bond donors (Lipinski definition) is 2. The number of nitrogens with one attached hydrogen (secondary N) is 1. The van der Waals surface area contributed by atoms with E-state index in [0.29, 0.717) is 5.56 Å². The molecule has 0 aliphatic heterocycles. The van der Waals surface area contributed by atoms with Crippen LogP contribution in [0.1, 0.15) is 49.3 Å². The minimum absolute atomic E-state index is 0.0363. The number of halogens is 3. The van der Waals surface area contributed by atoms with Crippen molar-refractivity contribution in [2.24, 2.45) is 0 Å². The first kappa shape index (κ1) is 20.0. The lowest BCUT2D eigenvalue weighted by atomic mass is 9.95. The summed E-state index contributed by atoms with van der Waals surface area (Å²) in [6, 6.07) is 9.64. The molecule has 2 N–H and O–H groups in total. The van der Waals surface area contributed by atoms with Gasteiger partial charge in [-0.1, -0.05) is 61.2 Å². The van der Waals surface area contributed by atoms with Crippen molar-refractivity contribution in [1.29, 1.82) is 0 Å². The van der Waals surface area contributed by atoms with Crippen molar-refractivity contribution in [3.63, 3.8) is 0 Å². The van der Waals surface area contributed by atoms with Gasteiger partial charge in [-0.25, -0.2) is 0 Å². The number of carbonyl (C=O) groups excluding carboxylic acids is 1. The number of aromatic hydroxyl groups is 1. The number of benzene rings is 2. The average molecular weight is 391 g/mol. The molecule has 4 nitrogen and oxygen atoms in total. The molecular formula is C21H22F3N2O2-. The van der Waals surface area contributed by atoms with Gasteiger partial charge in [-0.05, 0) is 31.0 Å². The molecule has 1 aliphatic carbocycles. The Kier molecular flexibility index (Phi) is 6.11. The van der Waals surface area contributed by atoms with Crippen LogP contribution in [0, 0.1) is 0 Å². The highest BCUT2D eigenvalue weighted by molar-refractivity contribution is 5.88. The third-order valence-electron chi connectivity index (χ3n) is 4.86. The molecule has 0 aromatic heterocycles. The van der Waals surface area contributed by atoms with E-state index in [2.05, 4.69) is 10.6 Å². The van der Waals surface area contributed by atoms with Crippen molar-refractivity contribution in [3.05, 3.63) is 65.0 Å². The van der Waals surface area contributed by atoms with E-state index in [1.54, 1.807) is 12.1 Å². The SMILES string of the molecule is O=C(NC1CCCCC1)C([N-]c1cccc(C(F)(F)F)c1)c1ccc(O)cc1. The maximum atomic E-state index is 13.0. The topological polar surface area (TPSA) is 63.4 Å². The second-order valence-electron chi connectivity index (χ2n) is 7.01. The van der Waals surface area contributed by atoms with Crippen molar-refractivity contribution >= 4 is 11.6 Å². The molecule has 1 fully saturated rings. The van der Waals surface area contributed by atoms with Gasteiger partial charge in [0.05, 0.1) is 5.56 Å². The third-order valence-corrected chi connectivity index (χ3v) is 4.86. The molecule has 0 heterocycles. The van der Waals surface area contributed by atoms with Crippen LogP contribution in [-0.4, -0.2) is 17.1 Å². The zero-order chi connectivity index (χ0) is 20.1. The second-order valence-corrected chi connectivity index (χ2v) is 7.01. The molecule has 7 heteroatoms. The molecular weight excluding hydrogens is 369 g/mol. The molecule has 2 aromatic carbocycles. The molecule has 0 radical (unpaired) electrons. The lowest BCUT2D eigenvalue weighted by Gasteiger charge is -2.35. The van der Waals surface area contributed by atoms with Crippen LogP contribution in [-0.2, 0) is 11.0 Å². The minimum atomic E-state index is -4.48. The van der Waals surface area contributed by atoms with Crippen LogP contribution in [0.3, 0.4) is 0 Å². The van der Waals surface area contributed by atoms with Crippen LogP contribution >= 0.6 is 0 Å². The van der Waals surface area contributed by atoms with Crippen LogP contribution < -0.4 is 5.32 Å². The normalized spacial score (nSPS) is 16.4. The molecule has 1 aliphatic rings. The maximum Gasteiger partial charge on any atom is 0.416 e. The summed E-state index contributed by atoms with van der Waals surface area (Å²) >= 11 is 0. The van der Waals surface area contributed by atoms with Gasteiger partial charge < -0.3 is 15.7 Å². The highest BCUT2D eigenvalue weighted by Crippen LogP contribution is 2.37. The first-order chi connectivity index (χ1) is 13.3. The van der Waals surface area contributed by atoms with Gasteiger partial charge in [-0.2, -0.15) is 13.2 Å². The summed E-state index contributed by atoms with van der Waals surface area (Å²) in [6.45, 7) is 0. The molecule has 0 spiro atoms. The fraction of sp³-hybridized carbons (Fsp3) is 0.381. The standard InChI is InChI=1S/C21H22F3N2O2/c22-21(23,24)15-5-4-8-17(13-15)25-19(14-9-11-18(27)12-10-14)20(28)26-16-6-2-1-3-7-16/h4-5,8-13,16,19,27H,1-3,6-7H2,(H,26,28)/q-1. The summed E-state index contributed by atoms with van der Waals surface area (Å²) in [5.41, 5.74) is -0.235. The van der Waals surface area contributed by atoms with Crippen LogP contribution in [0.2, 0.25) is 0 Å². The Morgan fingerprint density at radius 1 is 1.07 bits per heavy atom. The fourth-order valence-corrected chi connectivity index (χ4v) is 3.38.